The molecule has 0 atom stereocenters. The van der Waals surface area contributed by atoms with Crippen molar-refractivity contribution in [2.24, 2.45) is 0 Å². The van der Waals surface area contributed by atoms with Crippen molar-refractivity contribution in [2.75, 3.05) is 25.1 Å². The van der Waals surface area contributed by atoms with E-state index in [2.05, 4.69) is 11.1 Å². The van der Waals surface area contributed by atoms with E-state index in [-0.39, 0.29) is 5.97 Å². The van der Waals surface area contributed by atoms with E-state index in [1.165, 1.54) is 6.20 Å². The topological polar surface area (TPSA) is 66.2 Å². The van der Waals surface area contributed by atoms with Crippen molar-refractivity contribution in [1.82, 2.24) is 4.98 Å². The quantitative estimate of drug-likeness (QED) is 0.723. The second-order valence-corrected chi connectivity index (χ2v) is 3.46. The maximum Gasteiger partial charge on any atom is 0.339 e. The normalized spacial score (nSPS) is 9.47. The minimum Gasteiger partial charge on any atom is -0.462 e. The molecule has 17 heavy (non-hydrogen) atoms. The van der Waals surface area contributed by atoms with Crippen LogP contribution in [0.5, 0.6) is 0 Å². The van der Waals surface area contributed by atoms with Crippen LogP contribution >= 0.6 is 0 Å². The number of carbonyl (C=O) groups excluding carboxylic acids is 1. The van der Waals surface area contributed by atoms with Gasteiger partial charge in [-0.15, -0.1) is 0 Å². The van der Waals surface area contributed by atoms with E-state index in [9.17, 15) is 4.79 Å². The molecule has 0 N–H and O–H groups in total. The van der Waals surface area contributed by atoms with Gasteiger partial charge in [0.05, 0.1) is 24.7 Å². The number of esters is 1. The zero-order valence-electron chi connectivity index (χ0n) is 10.0. The lowest BCUT2D eigenvalue weighted by atomic mass is 10.3. The molecular weight excluding hydrogens is 218 g/mol. The highest BCUT2D eigenvalue weighted by molar-refractivity contribution is 5.89. The van der Waals surface area contributed by atoms with Crippen LogP contribution in [0, 0.1) is 11.3 Å². The van der Waals surface area contributed by atoms with Crippen LogP contribution in [-0.4, -0.2) is 31.2 Å². The number of nitriles is 1. The standard InChI is InChI=1S/C12H15N3O2/c1-3-17-12(16)10-5-6-11(14-9-10)15(2)8-4-7-13/h5-6,9H,3-4,8H2,1-2H3. The molecule has 90 valence electrons. The minimum absolute atomic E-state index is 0.350. The third-order valence-corrected chi connectivity index (χ3v) is 2.21. The first-order chi connectivity index (χ1) is 8.19. The van der Waals surface area contributed by atoms with Crippen molar-refractivity contribution < 1.29 is 9.53 Å². The first kappa shape index (κ1) is 13.0. The van der Waals surface area contributed by atoms with Crippen molar-refractivity contribution in [3.8, 4) is 6.07 Å². The summed E-state index contributed by atoms with van der Waals surface area (Å²) < 4.78 is 4.86. The smallest absolute Gasteiger partial charge is 0.339 e. The molecule has 5 heteroatoms. The number of hydrogen-bond donors (Lipinski definition) is 0. The van der Waals surface area contributed by atoms with E-state index >= 15 is 0 Å². The molecule has 1 rings (SSSR count). The van der Waals surface area contributed by atoms with Gasteiger partial charge in [0.15, 0.2) is 0 Å². The Kier molecular flexibility index (Phi) is 4.95. The number of carbonyl (C=O) groups is 1. The van der Waals surface area contributed by atoms with Gasteiger partial charge in [0.1, 0.15) is 5.82 Å². The van der Waals surface area contributed by atoms with E-state index in [0.29, 0.717) is 25.1 Å². The average Bonchev–Trinajstić information content (AvgIpc) is 2.36. The fourth-order valence-corrected chi connectivity index (χ4v) is 1.28. The molecule has 1 aromatic heterocycles. The first-order valence-corrected chi connectivity index (χ1v) is 5.40. The highest BCUT2D eigenvalue weighted by atomic mass is 16.5. The van der Waals surface area contributed by atoms with Gasteiger partial charge in [-0.2, -0.15) is 5.26 Å². The van der Waals surface area contributed by atoms with E-state index in [4.69, 9.17) is 10.00 Å². The summed E-state index contributed by atoms with van der Waals surface area (Å²) in [6, 6.07) is 5.48. The third-order valence-electron chi connectivity index (χ3n) is 2.21. The summed E-state index contributed by atoms with van der Waals surface area (Å²) >= 11 is 0. The maximum absolute atomic E-state index is 11.4. The summed E-state index contributed by atoms with van der Waals surface area (Å²) in [5, 5.41) is 8.48. The first-order valence-electron chi connectivity index (χ1n) is 5.40. The molecule has 0 saturated carbocycles. The van der Waals surface area contributed by atoms with Gasteiger partial charge in [-0.25, -0.2) is 9.78 Å². The van der Waals surface area contributed by atoms with Gasteiger partial charge < -0.3 is 9.64 Å². The SMILES string of the molecule is CCOC(=O)c1ccc(N(C)CCC#N)nc1. The molecule has 0 bridgehead atoms. The van der Waals surface area contributed by atoms with Crippen LogP contribution in [-0.2, 0) is 4.74 Å². The number of nitrogens with zero attached hydrogens (tertiary/aromatic N) is 3. The zero-order valence-corrected chi connectivity index (χ0v) is 10.0. The minimum atomic E-state index is -0.369. The molecule has 0 spiro atoms. The molecule has 5 nitrogen and oxygen atoms in total. The summed E-state index contributed by atoms with van der Waals surface area (Å²) in [5.74, 6) is 0.361. The molecule has 0 saturated heterocycles. The highest BCUT2D eigenvalue weighted by Crippen LogP contribution is 2.10. The van der Waals surface area contributed by atoms with E-state index in [1.807, 2.05) is 11.9 Å². The van der Waals surface area contributed by atoms with Crippen LogP contribution in [0.3, 0.4) is 0 Å². The Hall–Kier alpha value is -2.09. The second kappa shape index (κ2) is 6.48. The second-order valence-electron chi connectivity index (χ2n) is 3.46. The predicted molar refractivity (Wildman–Crippen MR) is 63.7 cm³/mol. The largest absolute Gasteiger partial charge is 0.462 e. The lowest BCUT2D eigenvalue weighted by Crippen LogP contribution is -2.19. The van der Waals surface area contributed by atoms with Gasteiger partial charge >= 0.3 is 5.97 Å². The van der Waals surface area contributed by atoms with Crippen LogP contribution in [0.15, 0.2) is 18.3 Å². The van der Waals surface area contributed by atoms with Crippen LogP contribution in [0.4, 0.5) is 5.82 Å². The van der Waals surface area contributed by atoms with E-state index < -0.39 is 0 Å². The maximum atomic E-state index is 11.4. The summed E-state index contributed by atoms with van der Waals surface area (Å²) in [6.07, 6.45) is 1.92. The monoisotopic (exact) mass is 233 g/mol. The molecule has 0 radical (unpaired) electrons. The van der Waals surface area contributed by atoms with E-state index in [0.717, 1.165) is 5.82 Å². The Labute approximate surface area is 101 Å². The van der Waals surface area contributed by atoms with Crippen LogP contribution in [0.1, 0.15) is 23.7 Å². The Morgan fingerprint density at radius 3 is 2.88 bits per heavy atom. The number of pyridine rings is 1. The van der Waals surface area contributed by atoms with Gasteiger partial charge in [-0.1, -0.05) is 0 Å². The van der Waals surface area contributed by atoms with Gasteiger partial charge in [0, 0.05) is 19.8 Å². The van der Waals surface area contributed by atoms with Crippen molar-refractivity contribution in [3.05, 3.63) is 23.9 Å². The number of aromatic nitrogens is 1. The Morgan fingerprint density at radius 1 is 1.59 bits per heavy atom. The Morgan fingerprint density at radius 2 is 2.35 bits per heavy atom. The fraction of sp³-hybridized carbons (Fsp3) is 0.417. The number of anilines is 1. The van der Waals surface area contributed by atoms with Crippen LogP contribution in [0.2, 0.25) is 0 Å². The molecule has 1 aromatic rings. The Balaban J connectivity index is 2.67. The van der Waals surface area contributed by atoms with Gasteiger partial charge in [-0.3, -0.25) is 0 Å². The van der Waals surface area contributed by atoms with Crippen LogP contribution < -0.4 is 4.90 Å². The molecule has 0 aromatic carbocycles. The number of rotatable bonds is 5. The van der Waals surface area contributed by atoms with Crippen LogP contribution in [0.25, 0.3) is 0 Å². The number of ether oxygens (including phenoxy) is 1. The molecule has 0 fully saturated rings. The van der Waals surface area contributed by atoms with Crippen molar-refractivity contribution in [1.29, 1.82) is 5.26 Å². The fourth-order valence-electron chi connectivity index (χ4n) is 1.28. The molecule has 0 aliphatic carbocycles. The van der Waals surface area contributed by atoms with Gasteiger partial charge in [0.2, 0.25) is 0 Å². The molecular formula is C12H15N3O2. The van der Waals surface area contributed by atoms with Crippen molar-refractivity contribution in [3.63, 3.8) is 0 Å². The average molecular weight is 233 g/mol. The molecule has 0 aliphatic heterocycles. The Bertz CT molecular complexity index is 409. The lowest BCUT2D eigenvalue weighted by Gasteiger charge is -2.16. The molecule has 1 heterocycles. The number of hydrogen-bond acceptors (Lipinski definition) is 5. The molecule has 0 aliphatic rings. The van der Waals surface area contributed by atoms with Gasteiger partial charge in [0.25, 0.3) is 0 Å². The van der Waals surface area contributed by atoms with Gasteiger partial charge in [-0.05, 0) is 19.1 Å². The summed E-state index contributed by atoms with van der Waals surface area (Å²) in [6.45, 7) is 2.72. The van der Waals surface area contributed by atoms with Crippen molar-refractivity contribution in [2.45, 2.75) is 13.3 Å². The third kappa shape index (κ3) is 3.76. The highest BCUT2D eigenvalue weighted by Gasteiger charge is 2.08. The lowest BCUT2D eigenvalue weighted by molar-refractivity contribution is 0.0526. The van der Waals surface area contributed by atoms with Crippen molar-refractivity contribution >= 4 is 11.8 Å². The summed E-state index contributed by atoms with van der Waals surface area (Å²) in [4.78, 5) is 17.4. The summed E-state index contributed by atoms with van der Waals surface area (Å²) in [5.41, 5.74) is 0.435. The van der Waals surface area contributed by atoms with E-state index in [1.54, 1.807) is 19.1 Å². The predicted octanol–water partition coefficient (Wildman–Crippen LogP) is 1.61. The molecule has 0 amide bonds. The zero-order chi connectivity index (χ0) is 12.7. The summed E-state index contributed by atoms with van der Waals surface area (Å²) in [7, 11) is 1.85. The molecule has 0 unspecified atom stereocenters.